The Hall–Kier alpha value is -3.03. The van der Waals surface area contributed by atoms with Crippen molar-refractivity contribution in [2.24, 2.45) is 4.99 Å². The molecule has 0 fully saturated rings. The normalized spacial score (nSPS) is 18.8. The lowest BCUT2D eigenvalue weighted by molar-refractivity contribution is -0.137. The highest BCUT2D eigenvalue weighted by Crippen LogP contribution is 2.39. The Labute approximate surface area is 188 Å². The second kappa shape index (κ2) is 8.84. The van der Waals surface area contributed by atoms with E-state index in [9.17, 15) is 18.3 Å². The Morgan fingerprint density at radius 2 is 1.72 bits per heavy atom. The third-order valence-corrected chi connectivity index (χ3v) is 5.65. The van der Waals surface area contributed by atoms with Crippen molar-refractivity contribution < 1.29 is 23.0 Å². The van der Waals surface area contributed by atoms with Crippen LogP contribution in [0.2, 0.25) is 5.02 Å². The number of phenols is 1. The fourth-order valence-electron chi connectivity index (χ4n) is 3.73. The minimum Gasteiger partial charge on any atom is -0.504 e. The van der Waals surface area contributed by atoms with Gasteiger partial charge in [0.2, 0.25) is 0 Å². The van der Waals surface area contributed by atoms with Crippen molar-refractivity contribution >= 4 is 17.3 Å². The summed E-state index contributed by atoms with van der Waals surface area (Å²) in [6.07, 6.45) is -4.56. The quantitative estimate of drug-likeness (QED) is 0.480. The number of halogens is 4. The van der Waals surface area contributed by atoms with Gasteiger partial charge in [0.1, 0.15) is 6.17 Å². The maximum Gasteiger partial charge on any atom is 0.416 e. The molecular weight excluding hydrogens is 441 g/mol. The van der Waals surface area contributed by atoms with Crippen molar-refractivity contribution in [2.75, 3.05) is 7.11 Å². The molecule has 0 spiro atoms. The van der Waals surface area contributed by atoms with Crippen LogP contribution in [0.25, 0.3) is 0 Å². The molecule has 2 N–H and O–H groups in total. The highest BCUT2D eigenvalue weighted by atomic mass is 35.5. The van der Waals surface area contributed by atoms with E-state index in [-0.39, 0.29) is 11.8 Å². The van der Waals surface area contributed by atoms with Crippen molar-refractivity contribution in [1.29, 1.82) is 0 Å². The molecule has 1 aliphatic heterocycles. The van der Waals surface area contributed by atoms with E-state index >= 15 is 0 Å². The van der Waals surface area contributed by atoms with Crippen molar-refractivity contribution in [2.45, 2.75) is 24.8 Å². The van der Waals surface area contributed by atoms with Gasteiger partial charge in [-0.3, -0.25) is 10.3 Å². The van der Waals surface area contributed by atoms with Crippen LogP contribution in [0.5, 0.6) is 11.5 Å². The Kier molecular flexibility index (Phi) is 6.13. The second-order valence-electron chi connectivity index (χ2n) is 7.43. The first kappa shape index (κ1) is 22.2. The number of rotatable bonds is 4. The number of benzene rings is 3. The number of hydrogen-bond donors (Lipinski definition) is 2. The highest BCUT2D eigenvalue weighted by Gasteiger charge is 2.32. The zero-order valence-electron chi connectivity index (χ0n) is 17.0. The van der Waals surface area contributed by atoms with Gasteiger partial charge in [-0.05, 0) is 41.5 Å². The number of aliphatic imine (C=N–C) groups is 1. The van der Waals surface area contributed by atoms with Crippen LogP contribution in [0.15, 0.2) is 71.7 Å². The molecule has 1 aliphatic rings. The predicted octanol–water partition coefficient (Wildman–Crippen LogP) is 6.30. The Morgan fingerprint density at radius 3 is 2.34 bits per heavy atom. The van der Waals surface area contributed by atoms with E-state index in [0.29, 0.717) is 28.3 Å². The topological polar surface area (TPSA) is 53.8 Å². The van der Waals surface area contributed by atoms with Gasteiger partial charge < -0.3 is 9.84 Å². The van der Waals surface area contributed by atoms with Crippen LogP contribution in [-0.4, -0.2) is 17.9 Å². The monoisotopic (exact) mass is 460 g/mol. The number of nitrogens with zero attached hydrogens (tertiary/aromatic N) is 1. The van der Waals surface area contributed by atoms with E-state index in [4.69, 9.17) is 21.3 Å². The molecule has 32 heavy (non-hydrogen) atoms. The van der Waals surface area contributed by atoms with Gasteiger partial charge in [-0.1, -0.05) is 48.0 Å². The summed E-state index contributed by atoms with van der Waals surface area (Å²) in [5.41, 5.74) is 2.07. The van der Waals surface area contributed by atoms with E-state index in [1.165, 1.54) is 19.2 Å². The summed E-state index contributed by atoms with van der Waals surface area (Å²) in [6, 6.07) is 17.0. The van der Waals surface area contributed by atoms with E-state index in [2.05, 4.69) is 5.32 Å². The molecule has 0 saturated carbocycles. The third kappa shape index (κ3) is 4.59. The van der Waals surface area contributed by atoms with Crippen LogP contribution in [0, 0.1) is 0 Å². The van der Waals surface area contributed by atoms with Crippen LogP contribution in [0.1, 0.15) is 40.9 Å². The summed E-state index contributed by atoms with van der Waals surface area (Å²) in [6.45, 7) is 0. The average Bonchev–Trinajstić information content (AvgIpc) is 2.79. The smallest absolute Gasteiger partial charge is 0.416 e. The molecule has 0 saturated heterocycles. The molecule has 2 atom stereocenters. The molecule has 4 rings (SSSR count). The minimum atomic E-state index is -4.41. The molecule has 166 valence electrons. The molecule has 0 bridgehead atoms. The fraction of sp³-hybridized carbons (Fsp3) is 0.208. The van der Waals surface area contributed by atoms with Crippen molar-refractivity contribution in [3.05, 3.63) is 94.0 Å². The lowest BCUT2D eigenvalue weighted by Gasteiger charge is -2.31. The van der Waals surface area contributed by atoms with Gasteiger partial charge in [0, 0.05) is 28.8 Å². The lowest BCUT2D eigenvalue weighted by Crippen LogP contribution is -2.33. The lowest BCUT2D eigenvalue weighted by atomic mass is 9.93. The van der Waals surface area contributed by atoms with Crippen LogP contribution < -0.4 is 10.1 Å². The number of ether oxygens (including phenoxy) is 1. The third-order valence-electron chi connectivity index (χ3n) is 5.40. The number of alkyl halides is 3. The number of phenolic OH excluding ortho intramolecular Hbond substituents is 1. The van der Waals surface area contributed by atoms with Crippen LogP contribution in [0.3, 0.4) is 0 Å². The molecule has 4 nitrogen and oxygen atoms in total. The summed E-state index contributed by atoms with van der Waals surface area (Å²) in [5.74, 6) is 0.349. The minimum absolute atomic E-state index is 0.0102. The average molecular weight is 461 g/mol. The standard InChI is InChI=1S/C24H20ClF3N2O2/c1-32-21-4-2-3-18(22(21)31)20-13-19(14-7-11-17(25)12-8-14)29-23(30-20)15-5-9-16(10-6-15)24(26,27)28/h2-12,20,23,30-31H,13H2,1H3/t20-,23-/m0/s1. The van der Waals surface area contributed by atoms with E-state index in [0.717, 1.165) is 23.4 Å². The van der Waals surface area contributed by atoms with Crippen molar-refractivity contribution in [3.63, 3.8) is 0 Å². The molecule has 0 aromatic heterocycles. The van der Waals surface area contributed by atoms with Crippen LogP contribution in [-0.2, 0) is 6.18 Å². The first-order valence-corrected chi connectivity index (χ1v) is 10.3. The van der Waals surface area contributed by atoms with Crippen molar-refractivity contribution in [3.8, 4) is 11.5 Å². The summed E-state index contributed by atoms with van der Waals surface area (Å²) in [5, 5.41) is 14.6. The van der Waals surface area contributed by atoms with E-state index in [1.54, 1.807) is 30.3 Å². The molecule has 0 amide bonds. The van der Waals surface area contributed by atoms with Crippen molar-refractivity contribution in [1.82, 2.24) is 5.32 Å². The molecule has 0 unspecified atom stereocenters. The largest absolute Gasteiger partial charge is 0.504 e. The van der Waals surface area contributed by atoms with E-state index in [1.807, 2.05) is 12.1 Å². The van der Waals surface area contributed by atoms with Crippen LogP contribution in [0.4, 0.5) is 13.2 Å². The van der Waals surface area contributed by atoms with Gasteiger partial charge in [-0.2, -0.15) is 13.2 Å². The number of aromatic hydroxyl groups is 1. The SMILES string of the molecule is COc1cccc([C@@H]2CC(c3ccc(Cl)cc3)=N[C@H](c3ccc(C(F)(F)F)cc3)N2)c1O. The number of nitrogens with one attached hydrogen (secondary N) is 1. The summed E-state index contributed by atoms with van der Waals surface area (Å²) >= 11 is 6.01. The number of methoxy groups -OCH3 is 1. The number of para-hydroxylation sites is 1. The van der Waals surface area contributed by atoms with Gasteiger partial charge in [-0.15, -0.1) is 0 Å². The maximum absolute atomic E-state index is 13.0. The molecule has 1 heterocycles. The zero-order valence-corrected chi connectivity index (χ0v) is 17.8. The first-order chi connectivity index (χ1) is 15.3. The van der Waals surface area contributed by atoms with Gasteiger partial charge in [0.15, 0.2) is 11.5 Å². The summed E-state index contributed by atoms with van der Waals surface area (Å²) in [4.78, 5) is 4.76. The Morgan fingerprint density at radius 1 is 1.03 bits per heavy atom. The zero-order chi connectivity index (χ0) is 22.9. The molecule has 3 aromatic rings. The van der Waals surface area contributed by atoms with Gasteiger partial charge in [0.05, 0.1) is 12.7 Å². The fourth-order valence-corrected chi connectivity index (χ4v) is 3.86. The van der Waals surface area contributed by atoms with Crippen LogP contribution >= 0.6 is 11.6 Å². The van der Waals surface area contributed by atoms with Gasteiger partial charge in [-0.25, -0.2) is 0 Å². The highest BCUT2D eigenvalue weighted by molar-refractivity contribution is 6.30. The molecular formula is C24H20ClF3N2O2. The molecule has 3 aromatic carbocycles. The number of hydrogen-bond acceptors (Lipinski definition) is 4. The Balaban J connectivity index is 1.74. The Bertz CT molecular complexity index is 1130. The van der Waals surface area contributed by atoms with E-state index < -0.39 is 17.9 Å². The summed E-state index contributed by atoms with van der Waals surface area (Å²) in [7, 11) is 1.47. The second-order valence-corrected chi connectivity index (χ2v) is 7.86. The maximum atomic E-state index is 13.0. The molecule has 8 heteroatoms. The molecule has 0 radical (unpaired) electrons. The summed E-state index contributed by atoms with van der Waals surface area (Å²) < 4.78 is 44.2. The van der Waals surface area contributed by atoms with Gasteiger partial charge in [0.25, 0.3) is 0 Å². The van der Waals surface area contributed by atoms with Gasteiger partial charge >= 0.3 is 6.18 Å². The molecule has 0 aliphatic carbocycles. The predicted molar refractivity (Wildman–Crippen MR) is 117 cm³/mol. The first-order valence-electron chi connectivity index (χ1n) is 9.88.